The highest BCUT2D eigenvalue weighted by molar-refractivity contribution is 7.98. The Morgan fingerprint density at radius 3 is 2.42 bits per heavy atom. The number of nitrogens with zero attached hydrogens (tertiary/aromatic N) is 2. The predicted molar refractivity (Wildman–Crippen MR) is 87.5 cm³/mol. The van der Waals surface area contributed by atoms with Gasteiger partial charge in [0.15, 0.2) is 11.6 Å². The summed E-state index contributed by atoms with van der Waals surface area (Å²) in [6.07, 6.45) is 1.78. The molecule has 0 saturated carbocycles. The van der Waals surface area contributed by atoms with Crippen LogP contribution in [0.15, 0.2) is 40.0 Å². The molecule has 0 spiro atoms. The molecule has 1 heterocycles. The predicted octanol–water partition coefficient (Wildman–Crippen LogP) is 4.40. The van der Waals surface area contributed by atoms with Crippen LogP contribution in [0, 0.1) is 24.4 Å². The van der Waals surface area contributed by atoms with E-state index < -0.39 is 29.2 Å². The number of aryl methyl sites for hydroxylation is 1. The quantitative estimate of drug-likeness (QED) is 0.289. The van der Waals surface area contributed by atoms with Crippen molar-refractivity contribution in [1.82, 2.24) is 10.2 Å². The first kappa shape index (κ1) is 18.0. The lowest BCUT2D eigenvalue weighted by Crippen LogP contribution is -2.12. The number of hydrogen-bond acceptors (Lipinski definition) is 6. The Morgan fingerprint density at radius 2 is 1.81 bits per heavy atom. The standard InChI is InChI=1S/C17H11F3N2O3S/c1-8-7-11(18)13(20)14(12(8)19)24-16(23)10-5-3-9(4-6-10)15-21-22-17(25-15)26-2/h3-7H,1-2H3. The average Bonchev–Trinajstić information content (AvgIpc) is 3.13. The van der Waals surface area contributed by atoms with Crippen molar-refractivity contribution < 1.29 is 27.1 Å². The molecule has 0 N–H and O–H groups in total. The van der Waals surface area contributed by atoms with Gasteiger partial charge in [0.1, 0.15) is 0 Å². The fourth-order valence-corrected chi connectivity index (χ4v) is 2.38. The van der Waals surface area contributed by atoms with Crippen LogP contribution in [0.3, 0.4) is 0 Å². The second-order valence-corrected chi connectivity index (χ2v) is 5.93. The zero-order valence-corrected chi connectivity index (χ0v) is 14.4. The first-order chi connectivity index (χ1) is 12.4. The van der Waals surface area contributed by atoms with Crippen LogP contribution in [-0.4, -0.2) is 22.4 Å². The van der Waals surface area contributed by atoms with Crippen molar-refractivity contribution >= 4 is 17.7 Å². The van der Waals surface area contributed by atoms with Gasteiger partial charge in [-0.25, -0.2) is 13.6 Å². The molecule has 3 rings (SSSR count). The molecule has 0 unspecified atom stereocenters. The van der Waals surface area contributed by atoms with Gasteiger partial charge >= 0.3 is 5.97 Å². The van der Waals surface area contributed by atoms with E-state index >= 15 is 0 Å². The molecule has 0 aliphatic rings. The van der Waals surface area contributed by atoms with Crippen LogP contribution in [0.4, 0.5) is 13.2 Å². The van der Waals surface area contributed by atoms with Crippen molar-refractivity contribution in [2.75, 3.05) is 6.26 Å². The molecule has 0 radical (unpaired) electrons. The van der Waals surface area contributed by atoms with Crippen molar-refractivity contribution in [3.63, 3.8) is 0 Å². The molecule has 3 aromatic rings. The molecule has 0 aliphatic heterocycles. The smallest absolute Gasteiger partial charge is 0.343 e. The van der Waals surface area contributed by atoms with Gasteiger partial charge in [-0.15, -0.1) is 10.2 Å². The molecular weight excluding hydrogens is 369 g/mol. The zero-order valence-electron chi connectivity index (χ0n) is 13.5. The largest absolute Gasteiger partial charge is 0.416 e. The third-order valence-electron chi connectivity index (χ3n) is 3.44. The third kappa shape index (κ3) is 3.43. The fourth-order valence-electron chi connectivity index (χ4n) is 2.10. The fraction of sp³-hybridized carbons (Fsp3) is 0.118. The first-order valence-corrected chi connectivity index (χ1v) is 8.47. The summed E-state index contributed by atoms with van der Waals surface area (Å²) in [5.74, 6) is -5.85. The number of thioether (sulfide) groups is 1. The number of esters is 1. The Kier molecular flexibility index (Phi) is 4.99. The Morgan fingerprint density at radius 1 is 1.12 bits per heavy atom. The highest BCUT2D eigenvalue weighted by Crippen LogP contribution is 2.28. The number of halogens is 3. The maximum Gasteiger partial charge on any atom is 0.343 e. The lowest BCUT2D eigenvalue weighted by molar-refractivity contribution is 0.0718. The van der Waals surface area contributed by atoms with Gasteiger partial charge in [0.25, 0.3) is 5.22 Å². The third-order valence-corrected chi connectivity index (χ3v) is 3.96. The maximum absolute atomic E-state index is 13.9. The molecule has 5 nitrogen and oxygen atoms in total. The number of hydrogen-bond donors (Lipinski definition) is 0. The van der Waals surface area contributed by atoms with Gasteiger partial charge in [0, 0.05) is 5.56 Å². The first-order valence-electron chi connectivity index (χ1n) is 7.25. The minimum Gasteiger partial charge on any atom is -0.416 e. The summed E-state index contributed by atoms with van der Waals surface area (Å²) >= 11 is 1.28. The number of carbonyl (C=O) groups excluding carboxylic acids is 1. The van der Waals surface area contributed by atoms with Gasteiger partial charge < -0.3 is 9.15 Å². The number of rotatable bonds is 4. The van der Waals surface area contributed by atoms with E-state index in [0.29, 0.717) is 16.9 Å². The van der Waals surface area contributed by atoms with Crippen LogP contribution in [-0.2, 0) is 0 Å². The van der Waals surface area contributed by atoms with E-state index in [2.05, 4.69) is 10.2 Å². The molecule has 0 bridgehead atoms. The summed E-state index contributed by atoms with van der Waals surface area (Å²) in [4.78, 5) is 12.1. The van der Waals surface area contributed by atoms with Gasteiger partial charge in [0.2, 0.25) is 17.5 Å². The van der Waals surface area contributed by atoms with Gasteiger partial charge in [-0.3, -0.25) is 0 Å². The molecule has 0 aliphatic carbocycles. The summed E-state index contributed by atoms with van der Waals surface area (Å²) in [6.45, 7) is 1.23. The maximum atomic E-state index is 13.9. The molecule has 1 aromatic heterocycles. The minimum absolute atomic E-state index is 0.0130. The second-order valence-electron chi connectivity index (χ2n) is 5.18. The monoisotopic (exact) mass is 380 g/mol. The van der Waals surface area contributed by atoms with E-state index in [1.165, 1.54) is 43.0 Å². The highest BCUT2D eigenvalue weighted by atomic mass is 32.2. The number of ether oxygens (including phenoxy) is 1. The van der Waals surface area contributed by atoms with E-state index in [9.17, 15) is 18.0 Å². The number of carbonyl (C=O) groups is 1. The molecule has 26 heavy (non-hydrogen) atoms. The molecule has 2 aromatic carbocycles. The van der Waals surface area contributed by atoms with Crippen molar-refractivity contribution in [3.05, 3.63) is 58.9 Å². The Labute approximate surface area is 150 Å². The number of benzene rings is 2. The van der Waals surface area contributed by atoms with Gasteiger partial charge in [0.05, 0.1) is 5.56 Å². The van der Waals surface area contributed by atoms with Crippen molar-refractivity contribution in [2.24, 2.45) is 0 Å². The molecule has 9 heteroatoms. The highest BCUT2D eigenvalue weighted by Gasteiger charge is 2.22. The summed E-state index contributed by atoms with van der Waals surface area (Å²) in [6, 6.07) is 6.44. The van der Waals surface area contributed by atoms with E-state index in [4.69, 9.17) is 9.15 Å². The Balaban J connectivity index is 1.83. The van der Waals surface area contributed by atoms with E-state index in [1.807, 2.05) is 0 Å². The van der Waals surface area contributed by atoms with Crippen LogP contribution in [0.25, 0.3) is 11.5 Å². The molecule has 0 atom stereocenters. The molecule has 0 saturated heterocycles. The SMILES string of the molecule is CSc1nnc(-c2ccc(C(=O)Oc3c(F)c(C)cc(F)c3F)cc2)o1. The van der Waals surface area contributed by atoms with E-state index in [1.54, 1.807) is 6.26 Å². The van der Waals surface area contributed by atoms with Crippen LogP contribution < -0.4 is 4.74 Å². The van der Waals surface area contributed by atoms with E-state index in [0.717, 1.165) is 0 Å². The topological polar surface area (TPSA) is 65.2 Å². The summed E-state index contributed by atoms with van der Waals surface area (Å²) < 4.78 is 51.1. The van der Waals surface area contributed by atoms with Crippen molar-refractivity contribution in [2.45, 2.75) is 12.1 Å². The molecular formula is C17H11F3N2O3S. The van der Waals surface area contributed by atoms with Gasteiger partial charge in [-0.05, 0) is 49.1 Å². The summed E-state index contributed by atoms with van der Waals surface area (Å²) in [7, 11) is 0. The van der Waals surface area contributed by atoms with Crippen LogP contribution in [0.5, 0.6) is 5.75 Å². The Bertz CT molecular complexity index is 948. The number of aromatic nitrogens is 2. The Hall–Kier alpha value is -2.81. The van der Waals surface area contributed by atoms with Gasteiger partial charge in [-0.2, -0.15) is 4.39 Å². The zero-order chi connectivity index (χ0) is 18.8. The second kappa shape index (κ2) is 7.20. The molecule has 0 fully saturated rings. The molecule has 0 amide bonds. The van der Waals surface area contributed by atoms with E-state index in [-0.39, 0.29) is 17.0 Å². The van der Waals surface area contributed by atoms with Crippen molar-refractivity contribution in [1.29, 1.82) is 0 Å². The minimum atomic E-state index is -1.56. The van der Waals surface area contributed by atoms with Gasteiger partial charge in [-0.1, -0.05) is 11.8 Å². The average molecular weight is 380 g/mol. The normalized spacial score (nSPS) is 10.8. The lowest BCUT2D eigenvalue weighted by atomic mass is 10.1. The van der Waals surface area contributed by atoms with Crippen LogP contribution in [0.2, 0.25) is 0 Å². The van der Waals surface area contributed by atoms with Crippen molar-refractivity contribution in [3.8, 4) is 17.2 Å². The lowest BCUT2D eigenvalue weighted by Gasteiger charge is -2.09. The summed E-state index contributed by atoms with van der Waals surface area (Å²) in [5.41, 5.74) is 0.385. The molecule has 134 valence electrons. The summed E-state index contributed by atoms with van der Waals surface area (Å²) in [5, 5.41) is 8.03. The van der Waals surface area contributed by atoms with Crippen LogP contribution >= 0.6 is 11.8 Å². The van der Waals surface area contributed by atoms with Crippen LogP contribution in [0.1, 0.15) is 15.9 Å².